The van der Waals surface area contributed by atoms with E-state index in [-0.39, 0.29) is 0 Å². The molecule has 3 heteroatoms. The Morgan fingerprint density at radius 3 is 3.08 bits per heavy atom. The zero-order valence-corrected chi connectivity index (χ0v) is 9.16. The molecular formula is C9H11BrOS. The van der Waals surface area contributed by atoms with Crippen LogP contribution in [-0.2, 0) is 11.3 Å². The minimum absolute atomic E-state index is 0.700. The molecule has 0 fully saturated rings. The normalized spacial score (nSPS) is 10.1. The van der Waals surface area contributed by atoms with E-state index in [0.29, 0.717) is 6.61 Å². The largest absolute Gasteiger partial charge is 0.376 e. The second-order valence-electron chi connectivity index (χ2n) is 2.32. The molecule has 1 aromatic rings. The van der Waals surface area contributed by atoms with Crippen molar-refractivity contribution in [2.24, 2.45) is 0 Å². The molecule has 0 unspecified atom stereocenters. The van der Waals surface area contributed by atoms with E-state index >= 15 is 0 Å². The van der Waals surface area contributed by atoms with Crippen molar-refractivity contribution in [2.75, 3.05) is 6.61 Å². The van der Waals surface area contributed by atoms with Crippen LogP contribution in [-0.4, -0.2) is 6.61 Å². The average molecular weight is 247 g/mol. The molecule has 1 rings (SSSR count). The molecule has 0 saturated carbocycles. The third kappa shape index (κ3) is 3.09. The topological polar surface area (TPSA) is 9.23 Å². The van der Waals surface area contributed by atoms with Gasteiger partial charge in [0, 0.05) is 9.35 Å². The van der Waals surface area contributed by atoms with Crippen LogP contribution in [0.5, 0.6) is 0 Å². The molecule has 0 N–H and O–H groups in total. The first-order valence-corrected chi connectivity index (χ1v) is 5.42. The van der Waals surface area contributed by atoms with Gasteiger partial charge in [-0.05, 0) is 33.8 Å². The second kappa shape index (κ2) is 5.51. The Morgan fingerprint density at radius 2 is 2.50 bits per heavy atom. The summed E-state index contributed by atoms with van der Waals surface area (Å²) in [5.41, 5.74) is 0. The van der Waals surface area contributed by atoms with E-state index in [0.717, 1.165) is 17.5 Å². The summed E-state index contributed by atoms with van der Waals surface area (Å²) in [6.07, 6.45) is 2.78. The molecular weight excluding hydrogens is 236 g/mol. The molecule has 0 aliphatic rings. The van der Waals surface area contributed by atoms with Crippen LogP contribution in [0, 0.1) is 0 Å². The zero-order valence-electron chi connectivity index (χ0n) is 6.75. The molecule has 0 aliphatic carbocycles. The van der Waals surface area contributed by atoms with Gasteiger partial charge < -0.3 is 4.74 Å². The summed E-state index contributed by atoms with van der Waals surface area (Å²) in [4.78, 5) is 1.25. The summed E-state index contributed by atoms with van der Waals surface area (Å²) in [6.45, 7) is 5.08. The number of halogens is 1. The number of rotatable bonds is 5. The minimum Gasteiger partial charge on any atom is -0.376 e. The van der Waals surface area contributed by atoms with Crippen LogP contribution in [0.3, 0.4) is 0 Å². The van der Waals surface area contributed by atoms with Gasteiger partial charge in [0.2, 0.25) is 0 Å². The molecule has 0 aromatic carbocycles. The van der Waals surface area contributed by atoms with Crippen LogP contribution in [0.15, 0.2) is 28.6 Å². The summed E-state index contributed by atoms with van der Waals surface area (Å²) in [5, 5.41) is 2.05. The molecule has 12 heavy (non-hydrogen) atoms. The van der Waals surface area contributed by atoms with Crippen molar-refractivity contribution in [3.05, 3.63) is 33.5 Å². The molecule has 0 bridgehead atoms. The number of hydrogen-bond acceptors (Lipinski definition) is 2. The van der Waals surface area contributed by atoms with E-state index in [1.807, 2.05) is 12.1 Å². The maximum atomic E-state index is 5.41. The second-order valence-corrected chi connectivity index (χ2v) is 4.18. The van der Waals surface area contributed by atoms with Gasteiger partial charge in [-0.1, -0.05) is 6.08 Å². The van der Waals surface area contributed by atoms with Crippen molar-refractivity contribution in [2.45, 2.75) is 13.0 Å². The van der Waals surface area contributed by atoms with Gasteiger partial charge in [-0.2, -0.15) is 0 Å². The van der Waals surface area contributed by atoms with Crippen molar-refractivity contribution in [3.63, 3.8) is 0 Å². The average Bonchev–Trinajstić information content (AvgIpc) is 2.46. The van der Waals surface area contributed by atoms with E-state index in [2.05, 4.69) is 27.9 Å². The van der Waals surface area contributed by atoms with E-state index in [1.54, 1.807) is 11.3 Å². The highest BCUT2D eigenvalue weighted by atomic mass is 79.9. The Balaban J connectivity index is 2.24. The van der Waals surface area contributed by atoms with Crippen LogP contribution in [0.25, 0.3) is 0 Å². The molecule has 1 heterocycles. The Bertz CT molecular complexity index is 244. The lowest BCUT2D eigenvalue weighted by molar-refractivity contribution is 0.127. The van der Waals surface area contributed by atoms with Crippen molar-refractivity contribution in [3.8, 4) is 0 Å². The van der Waals surface area contributed by atoms with Gasteiger partial charge in [0.15, 0.2) is 0 Å². The molecule has 0 radical (unpaired) electrons. The maximum Gasteiger partial charge on any atom is 0.0820 e. The highest BCUT2D eigenvalue weighted by Crippen LogP contribution is 2.23. The molecule has 66 valence electrons. The summed E-state index contributed by atoms with van der Waals surface area (Å²) < 4.78 is 6.55. The van der Waals surface area contributed by atoms with E-state index in [1.165, 1.54) is 4.88 Å². The van der Waals surface area contributed by atoms with Gasteiger partial charge in [0.1, 0.15) is 0 Å². The van der Waals surface area contributed by atoms with Gasteiger partial charge in [-0.3, -0.25) is 0 Å². The Labute approximate surface area is 85.2 Å². The SMILES string of the molecule is C=CCCOCc1sccc1Br. The predicted octanol–water partition coefficient (Wildman–Crippen LogP) is 3.60. The lowest BCUT2D eigenvalue weighted by atomic mass is 10.4. The minimum atomic E-state index is 0.700. The van der Waals surface area contributed by atoms with E-state index in [4.69, 9.17) is 4.74 Å². The highest BCUT2D eigenvalue weighted by molar-refractivity contribution is 9.10. The quantitative estimate of drug-likeness (QED) is 0.570. The summed E-state index contributed by atoms with van der Waals surface area (Å²) in [6, 6.07) is 2.04. The monoisotopic (exact) mass is 246 g/mol. The smallest absolute Gasteiger partial charge is 0.0820 e. The molecule has 0 saturated heterocycles. The fourth-order valence-electron chi connectivity index (χ4n) is 0.760. The number of hydrogen-bond donors (Lipinski definition) is 0. The summed E-state index contributed by atoms with van der Waals surface area (Å²) in [5.74, 6) is 0. The Hall–Kier alpha value is -0.120. The molecule has 0 atom stereocenters. The highest BCUT2D eigenvalue weighted by Gasteiger charge is 1.99. The molecule has 0 amide bonds. The van der Waals surface area contributed by atoms with Crippen molar-refractivity contribution in [1.29, 1.82) is 0 Å². The van der Waals surface area contributed by atoms with Crippen molar-refractivity contribution in [1.82, 2.24) is 0 Å². The van der Waals surface area contributed by atoms with E-state index in [9.17, 15) is 0 Å². The first-order valence-electron chi connectivity index (χ1n) is 3.75. The van der Waals surface area contributed by atoms with Crippen LogP contribution in [0.4, 0.5) is 0 Å². The van der Waals surface area contributed by atoms with Crippen molar-refractivity contribution < 1.29 is 4.74 Å². The number of thiophene rings is 1. The molecule has 0 spiro atoms. The summed E-state index contributed by atoms with van der Waals surface area (Å²) in [7, 11) is 0. The molecule has 1 aromatic heterocycles. The van der Waals surface area contributed by atoms with Gasteiger partial charge >= 0.3 is 0 Å². The Kier molecular flexibility index (Phi) is 4.58. The lowest BCUT2D eigenvalue weighted by Gasteiger charge is -1.99. The van der Waals surface area contributed by atoms with Gasteiger partial charge in [-0.15, -0.1) is 17.9 Å². The maximum absolute atomic E-state index is 5.41. The standard InChI is InChI=1S/C9H11BrOS/c1-2-3-5-11-7-9-8(10)4-6-12-9/h2,4,6H,1,3,5,7H2. The van der Waals surface area contributed by atoms with Gasteiger partial charge in [0.25, 0.3) is 0 Å². The zero-order chi connectivity index (χ0) is 8.81. The Morgan fingerprint density at radius 1 is 1.67 bits per heavy atom. The van der Waals surface area contributed by atoms with Crippen LogP contribution in [0.2, 0.25) is 0 Å². The van der Waals surface area contributed by atoms with Crippen molar-refractivity contribution >= 4 is 27.3 Å². The van der Waals surface area contributed by atoms with E-state index < -0.39 is 0 Å². The van der Waals surface area contributed by atoms with Crippen LogP contribution >= 0.6 is 27.3 Å². The third-order valence-corrected chi connectivity index (χ3v) is 3.29. The first-order chi connectivity index (χ1) is 5.84. The van der Waals surface area contributed by atoms with Gasteiger partial charge in [-0.25, -0.2) is 0 Å². The summed E-state index contributed by atoms with van der Waals surface area (Å²) >= 11 is 5.16. The van der Waals surface area contributed by atoms with Gasteiger partial charge in [0.05, 0.1) is 13.2 Å². The fourth-order valence-corrected chi connectivity index (χ4v) is 2.16. The molecule has 0 aliphatic heterocycles. The molecule has 1 nitrogen and oxygen atoms in total. The third-order valence-electron chi connectivity index (χ3n) is 1.39. The first kappa shape index (κ1) is 9.96. The fraction of sp³-hybridized carbons (Fsp3) is 0.333. The van der Waals surface area contributed by atoms with Crippen LogP contribution in [0.1, 0.15) is 11.3 Å². The lowest BCUT2D eigenvalue weighted by Crippen LogP contribution is -1.92. The van der Waals surface area contributed by atoms with Crippen LogP contribution < -0.4 is 0 Å². The number of ether oxygens (including phenoxy) is 1. The predicted molar refractivity (Wildman–Crippen MR) is 56.5 cm³/mol.